The van der Waals surface area contributed by atoms with Gasteiger partial charge in [-0.05, 0) is 23.1 Å². The SMILES string of the molecule is C=C[Si](OC)(OC)O[Si](C=C)(OC)O[Si](OC)(O[Si](C)(OC)c1ccccc1)c1ccccc1. The molecule has 0 aliphatic heterocycles. The summed E-state index contributed by atoms with van der Waals surface area (Å²) in [7, 11) is -6.23. The molecule has 0 saturated heterocycles. The normalized spacial score (nSPS) is 17.2. The van der Waals surface area contributed by atoms with Crippen LogP contribution in [0.4, 0.5) is 0 Å². The summed E-state index contributed by atoms with van der Waals surface area (Å²) in [5.74, 6) is 0. The Morgan fingerprint density at radius 3 is 1.41 bits per heavy atom. The van der Waals surface area contributed by atoms with Crippen LogP contribution in [0.15, 0.2) is 85.2 Å². The first-order chi connectivity index (χ1) is 16.3. The van der Waals surface area contributed by atoms with Gasteiger partial charge in [0.05, 0.1) is 0 Å². The van der Waals surface area contributed by atoms with Gasteiger partial charge in [0.1, 0.15) is 0 Å². The van der Waals surface area contributed by atoms with Gasteiger partial charge in [-0.2, -0.15) is 0 Å². The van der Waals surface area contributed by atoms with Crippen molar-refractivity contribution in [3.8, 4) is 0 Å². The summed E-state index contributed by atoms with van der Waals surface area (Å²) >= 11 is 0. The minimum absolute atomic E-state index is 0.712. The van der Waals surface area contributed by atoms with Crippen molar-refractivity contribution in [2.75, 3.05) is 35.5 Å². The van der Waals surface area contributed by atoms with Crippen LogP contribution in [0.2, 0.25) is 6.55 Å². The third-order valence-corrected chi connectivity index (χ3v) is 18.9. The van der Waals surface area contributed by atoms with Crippen molar-refractivity contribution in [1.82, 2.24) is 0 Å². The van der Waals surface area contributed by atoms with E-state index in [1.54, 1.807) is 7.11 Å². The van der Waals surface area contributed by atoms with E-state index >= 15 is 0 Å². The topological polar surface area (TPSA) is 73.8 Å². The maximum atomic E-state index is 6.82. The van der Waals surface area contributed by atoms with Gasteiger partial charge in [0.2, 0.25) is 0 Å². The van der Waals surface area contributed by atoms with Crippen molar-refractivity contribution >= 4 is 45.3 Å². The van der Waals surface area contributed by atoms with Crippen molar-refractivity contribution in [1.29, 1.82) is 0 Å². The molecule has 8 nitrogen and oxygen atoms in total. The Labute approximate surface area is 207 Å². The van der Waals surface area contributed by atoms with Crippen LogP contribution in [-0.4, -0.2) is 70.5 Å². The van der Waals surface area contributed by atoms with E-state index in [1.165, 1.54) is 39.8 Å². The summed E-state index contributed by atoms with van der Waals surface area (Å²) in [6.07, 6.45) is 0. The van der Waals surface area contributed by atoms with Crippen LogP contribution in [0.5, 0.6) is 0 Å². The van der Waals surface area contributed by atoms with Crippen LogP contribution in [0.25, 0.3) is 0 Å². The molecule has 2 aromatic rings. The van der Waals surface area contributed by atoms with Crippen LogP contribution in [0.3, 0.4) is 0 Å². The van der Waals surface area contributed by atoms with Crippen LogP contribution in [0, 0.1) is 0 Å². The highest BCUT2D eigenvalue weighted by atomic mass is 28.5. The number of rotatable bonds is 15. The van der Waals surface area contributed by atoms with E-state index in [0.717, 1.165) is 5.19 Å². The standard InChI is InChI=1S/C22H34O8Si4/c1-9-32(24-4,25-5)29-33(10-2,26-6)30-34(27-7,22-19-15-12-16-20-22)28-31(8,23-3)21-17-13-11-14-18-21/h9-20H,1-2H2,3-8H3. The zero-order valence-electron chi connectivity index (χ0n) is 20.6. The summed E-state index contributed by atoms with van der Waals surface area (Å²) in [6.45, 7) is 9.68. The van der Waals surface area contributed by atoms with Gasteiger partial charge >= 0.3 is 35.0 Å². The Balaban J connectivity index is 2.66. The molecular weight excluding hydrogens is 505 g/mol. The molecule has 2 rings (SSSR count). The second kappa shape index (κ2) is 12.4. The Hall–Kier alpha value is -1.53. The third-order valence-electron chi connectivity index (χ3n) is 5.33. The molecule has 0 spiro atoms. The lowest BCUT2D eigenvalue weighted by molar-refractivity contribution is 0.0964. The van der Waals surface area contributed by atoms with E-state index in [4.69, 9.17) is 34.5 Å². The second-order valence-corrected chi connectivity index (χ2v) is 19.1. The smallest absolute Gasteiger partial charge is 0.395 e. The fourth-order valence-corrected chi connectivity index (χ4v) is 16.7. The van der Waals surface area contributed by atoms with Gasteiger partial charge in [-0.3, -0.25) is 0 Å². The molecular formula is C22H34O8Si4. The van der Waals surface area contributed by atoms with E-state index in [0.29, 0.717) is 5.19 Å². The summed E-state index contributed by atoms with van der Waals surface area (Å²) in [4.78, 5) is 0. The molecule has 0 bridgehead atoms. The zero-order chi connectivity index (χ0) is 25.3. The fraction of sp³-hybridized carbons (Fsp3) is 0.273. The second-order valence-electron chi connectivity index (χ2n) is 7.18. The maximum Gasteiger partial charge on any atom is 0.521 e. The molecule has 0 heterocycles. The summed E-state index contributed by atoms with van der Waals surface area (Å²) in [5, 5.41) is 1.63. The average Bonchev–Trinajstić information content (AvgIpc) is 2.91. The molecule has 0 radical (unpaired) electrons. The molecule has 0 fully saturated rings. The first-order valence-electron chi connectivity index (χ1n) is 10.5. The van der Waals surface area contributed by atoms with Gasteiger partial charge in [0.15, 0.2) is 0 Å². The minimum atomic E-state index is -3.75. The largest absolute Gasteiger partial charge is 0.521 e. The van der Waals surface area contributed by atoms with Gasteiger partial charge in [0.25, 0.3) is 0 Å². The highest BCUT2D eigenvalue weighted by molar-refractivity contribution is 6.94. The highest BCUT2D eigenvalue weighted by Gasteiger charge is 2.60. The summed E-state index contributed by atoms with van der Waals surface area (Å²) in [5.41, 5.74) is 3.00. The lowest BCUT2D eigenvalue weighted by Gasteiger charge is -2.41. The molecule has 0 saturated carbocycles. The van der Waals surface area contributed by atoms with Crippen molar-refractivity contribution in [3.63, 3.8) is 0 Å². The molecule has 12 heteroatoms. The van der Waals surface area contributed by atoms with Gasteiger partial charge in [-0.15, -0.1) is 0 Å². The summed E-state index contributed by atoms with van der Waals surface area (Å²) < 4.78 is 48.9. The molecule has 34 heavy (non-hydrogen) atoms. The van der Waals surface area contributed by atoms with Crippen LogP contribution in [-0.2, 0) is 34.5 Å². The molecule has 3 unspecified atom stereocenters. The zero-order valence-corrected chi connectivity index (χ0v) is 24.6. The molecule has 2 aromatic carbocycles. The molecule has 0 aliphatic carbocycles. The first kappa shape index (κ1) is 28.7. The highest BCUT2D eigenvalue weighted by Crippen LogP contribution is 2.27. The molecule has 0 aliphatic rings. The molecule has 3 atom stereocenters. The Morgan fingerprint density at radius 1 is 0.559 bits per heavy atom. The van der Waals surface area contributed by atoms with Crippen molar-refractivity contribution in [2.45, 2.75) is 6.55 Å². The van der Waals surface area contributed by atoms with Gasteiger partial charge in [0, 0.05) is 40.7 Å². The molecule has 0 aromatic heterocycles. The molecule has 186 valence electrons. The van der Waals surface area contributed by atoms with Crippen molar-refractivity contribution in [3.05, 3.63) is 85.2 Å². The van der Waals surface area contributed by atoms with E-state index in [2.05, 4.69) is 13.2 Å². The number of hydrogen-bond acceptors (Lipinski definition) is 8. The number of hydrogen-bond donors (Lipinski definition) is 0. The van der Waals surface area contributed by atoms with Gasteiger partial charge in [-0.1, -0.05) is 73.8 Å². The van der Waals surface area contributed by atoms with E-state index in [1.807, 2.05) is 67.2 Å². The van der Waals surface area contributed by atoms with E-state index < -0.39 is 35.0 Å². The van der Waals surface area contributed by atoms with Crippen LogP contribution >= 0.6 is 0 Å². The monoisotopic (exact) mass is 538 g/mol. The van der Waals surface area contributed by atoms with Crippen molar-refractivity contribution in [2.24, 2.45) is 0 Å². The molecule has 0 amide bonds. The van der Waals surface area contributed by atoms with Crippen LogP contribution in [0.1, 0.15) is 0 Å². The van der Waals surface area contributed by atoms with E-state index in [-0.39, 0.29) is 0 Å². The summed E-state index contributed by atoms with van der Waals surface area (Å²) in [6, 6.07) is 19.2. The predicted molar refractivity (Wildman–Crippen MR) is 140 cm³/mol. The minimum Gasteiger partial charge on any atom is -0.395 e. The van der Waals surface area contributed by atoms with Crippen LogP contribution < -0.4 is 10.4 Å². The number of benzene rings is 2. The molecule has 0 N–H and O–H groups in total. The average molecular weight is 539 g/mol. The Bertz CT molecular complexity index is 918. The van der Waals surface area contributed by atoms with Crippen molar-refractivity contribution < 1.29 is 34.5 Å². The first-order valence-corrected chi connectivity index (χ1v) is 18.1. The third kappa shape index (κ3) is 6.17. The maximum absolute atomic E-state index is 6.82. The van der Waals surface area contributed by atoms with Gasteiger partial charge < -0.3 is 34.5 Å². The lowest BCUT2D eigenvalue weighted by atomic mass is 10.4. The van der Waals surface area contributed by atoms with E-state index in [9.17, 15) is 0 Å². The lowest BCUT2D eigenvalue weighted by Crippen LogP contribution is -2.71. The predicted octanol–water partition coefficient (Wildman–Crippen LogP) is 2.42. The Kier molecular flexibility index (Phi) is 10.5. The Morgan fingerprint density at radius 2 is 1.03 bits per heavy atom. The quantitative estimate of drug-likeness (QED) is 0.320. The fourth-order valence-electron chi connectivity index (χ4n) is 3.23. The van der Waals surface area contributed by atoms with Gasteiger partial charge in [-0.25, -0.2) is 0 Å².